The number of nitrogens with one attached hydrogen (secondary N) is 1. The summed E-state index contributed by atoms with van der Waals surface area (Å²) < 4.78 is 5.09. The Morgan fingerprint density at radius 2 is 1.84 bits per heavy atom. The van der Waals surface area contributed by atoms with Crippen LogP contribution >= 0.6 is 0 Å². The van der Waals surface area contributed by atoms with Crippen LogP contribution in [-0.2, 0) is 16.1 Å². The van der Waals surface area contributed by atoms with Crippen LogP contribution in [0.4, 0.5) is 4.79 Å². The highest BCUT2D eigenvalue weighted by Crippen LogP contribution is 2.06. The van der Waals surface area contributed by atoms with Crippen LogP contribution in [-0.4, -0.2) is 17.9 Å². The lowest BCUT2D eigenvalue weighted by molar-refractivity contribution is -0.119. The number of ketones is 1. The lowest BCUT2D eigenvalue weighted by Crippen LogP contribution is -2.40. The predicted octanol–water partition coefficient (Wildman–Crippen LogP) is 2.92. The molecule has 0 aromatic heterocycles. The molecule has 1 aromatic rings. The molecule has 1 rings (SSSR count). The van der Waals surface area contributed by atoms with Gasteiger partial charge in [0.1, 0.15) is 6.61 Å². The van der Waals surface area contributed by atoms with Crippen LogP contribution in [0.3, 0.4) is 0 Å². The highest BCUT2D eigenvalue weighted by Gasteiger charge is 2.18. The average molecular weight is 263 g/mol. The maximum Gasteiger partial charge on any atom is 0.408 e. The molecule has 1 amide bonds. The van der Waals surface area contributed by atoms with Crippen molar-refractivity contribution in [2.45, 2.75) is 39.8 Å². The van der Waals surface area contributed by atoms with Gasteiger partial charge in [-0.3, -0.25) is 4.79 Å². The van der Waals surface area contributed by atoms with Crippen molar-refractivity contribution in [2.24, 2.45) is 5.92 Å². The summed E-state index contributed by atoms with van der Waals surface area (Å²) in [7, 11) is 0. The van der Waals surface area contributed by atoms with Crippen molar-refractivity contribution >= 4 is 11.9 Å². The van der Waals surface area contributed by atoms with Gasteiger partial charge in [0.25, 0.3) is 0 Å². The molecule has 0 saturated heterocycles. The van der Waals surface area contributed by atoms with E-state index in [9.17, 15) is 9.59 Å². The van der Waals surface area contributed by atoms with E-state index in [1.54, 1.807) is 0 Å². The molecule has 19 heavy (non-hydrogen) atoms. The summed E-state index contributed by atoms with van der Waals surface area (Å²) in [6, 6.07) is 8.95. The summed E-state index contributed by atoms with van der Waals surface area (Å²) in [6.07, 6.45) is 0.0696. The van der Waals surface area contributed by atoms with Crippen molar-refractivity contribution in [1.29, 1.82) is 0 Å². The zero-order valence-electron chi connectivity index (χ0n) is 11.7. The van der Waals surface area contributed by atoms with Gasteiger partial charge in [-0.1, -0.05) is 44.2 Å². The quantitative estimate of drug-likeness (QED) is 0.858. The van der Waals surface area contributed by atoms with E-state index in [1.807, 2.05) is 44.2 Å². The number of Topliss-reactive ketones (excluding diaryl/α,β-unsaturated/α-hetero) is 1. The molecule has 4 nitrogen and oxygen atoms in total. The van der Waals surface area contributed by atoms with Crippen LogP contribution in [0.25, 0.3) is 0 Å². The van der Waals surface area contributed by atoms with E-state index < -0.39 is 12.1 Å². The number of ether oxygens (including phenoxy) is 1. The minimum atomic E-state index is -0.551. The van der Waals surface area contributed by atoms with Gasteiger partial charge in [-0.15, -0.1) is 0 Å². The molecule has 1 N–H and O–H groups in total. The Hall–Kier alpha value is -1.84. The van der Waals surface area contributed by atoms with E-state index in [0.717, 1.165) is 5.56 Å². The molecule has 0 saturated carbocycles. The molecule has 0 heterocycles. The zero-order chi connectivity index (χ0) is 14.3. The molecule has 1 aromatic carbocycles. The molecule has 0 spiro atoms. The average Bonchev–Trinajstić information content (AvgIpc) is 2.36. The number of alkyl carbamates (subject to hydrolysis) is 1. The second-order valence-corrected chi connectivity index (χ2v) is 5.00. The number of hydrogen-bond donors (Lipinski definition) is 1. The molecule has 1 atom stereocenters. The fourth-order valence-corrected chi connectivity index (χ4v) is 1.70. The van der Waals surface area contributed by atoms with Crippen molar-refractivity contribution < 1.29 is 14.3 Å². The van der Waals surface area contributed by atoms with Gasteiger partial charge < -0.3 is 10.1 Å². The monoisotopic (exact) mass is 263 g/mol. The Labute approximate surface area is 114 Å². The van der Waals surface area contributed by atoms with Crippen LogP contribution in [0.2, 0.25) is 0 Å². The van der Waals surface area contributed by atoms with Crippen LogP contribution in [0.15, 0.2) is 30.3 Å². The summed E-state index contributed by atoms with van der Waals surface area (Å²) in [4.78, 5) is 23.0. The standard InChI is InChI=1S/C15H21NO3/c1-11(2)9-14(12(3)17)16-15(18)19-10-13-7-5-4-6-8-13/h4-8,11,14H,9-10H2,1-3H3,(H,16,18). The van der Waals surface area contributed by atoms with Gasteiger partial charge in [-0.05, 0) is 24.8 Å². The molecule has 0 aliphatic rings. The molecular formula is C15H21NO3. The summed E-state index contributed by atoms with van der Waals surface area (Å²) in [6.45, 7) is 5.70. The van der Waals surface area contributed by atoms with Crippen LogP contribution in [0.5, 0.6) is 0 Å². The Kier molecular flexibility index (Phi) is 6.06. The SMILES string of the molecule is CC(=O)C(CC(C)C)NC(=O)OCc1ccccc1. The van der Waals surface area contributed by atoms with Gasteiger partial charge in [-0.25, -0.2) is 4.79 Å². The van der Waals surface area contributed by atoms with E-state index in [-0.39, 0.29) is 12.4 Å². The Morgan fingerprint density at radius 1 is 1.21 bits per heavy atom. The van der Waals surface area contributed by atoms with Crippen molar-refractivity contribution in [2.75, 3.05) is 0 Å². The summed E-state index contributed by atoms with van der Waals surface area (Å²) in [5.41, 5.74) is 0.917. The number of hydrogen-bond acceptors (Lipinski definition) is 3. The van der Waals surface area contributed by atoms with Gasteiger partial charge in [0.05, 0.1) is 6.04 Å². The molecule has 0 bridgehead atoms. The molecule has 1 unspecified atom stereocenters. The van der Waals surface area contributed by atoms with E-state index in [0.29, 0.717) is 12.3 Å². The van der Waals surface area contributed by atoms with E-state index in [4.69, 9.17) is 4.74 Å². The summed E-state index contributed by atoms with van der Waals surface area (Å²) in [5.74, 6) is 0.286. The van der Waals surface area contributed by atoms with Crippen molar-refractivity contribution in [1.82, 2.24) is 5.32 Å². The number of carbonyl (C=O) groups excluding carboxylic acids is 2. The number of amides is 1. The van der Waals surface area contributed by atoms with Crippen molar-refractivity contribution in [3.63, 3.8) is 0 Å². The molecule has 0 radical (unpaired) electrons. The maximum absolute atomic E-state index is 11.6. The first kappa shape index (κ1) is 15.2. The second-order valence-electron chi connectivity index (χ2n) is 5.00. The van der Waals surface area contributed by atoms with Gasteiger partial charge in [0.2, 0.25) is 0 Å². The molecular weight excluding hydrogens is 242 g/mol. The molecule has 4 heteroatoms. The third-order valence-corrected chi connectivity index (χ3v) is 2.70. The number of carbonyl (C=O) groups is 2. The zero-order valence-corrected chi connectivity index (χ0v) is 11.7. The Morgan fingerprint density at radius 3 is 2.37 bits per heavy atom. The topological polar surface area (TPSA) is 55.4 Å². The number of benzene rings is 1. The molecule has 0 aliphatic heterocycles. The largest absolute Gasteiger partial charge is 0.445 e. The van der Waals surface area contributed by atoms with Crippen LogP contribution in [0, 0.1) is 5.92 Å². The first-order valence-electron chi connectivity index (χ1n) is 6.46. The van der Waals surface area contributed by atoms with Gasteiger partial charge in [0, 0.05) is 0 Å². The minimum Gasteiger partial charge on any atom is -0.445 e. The first-order chi connectivity index (χ1) is 8.99. The van der Waals surface area contributed by atoms with Gasteiger partial charge in [0.15, 0.2) is 5.78 Å². The maximum atomic E-state index is 11.6. The van der Waals surface area contributed by atoms with Crippen molar-refractivity contribution in [3.8, 4) is 0 Å². The van der Waals surface area contributed by atoms with Gasteiger partial charge in [-0.2, -0.15) is 0 Å². The third-order valence-electron chi connectivity index (χ3n) is 2.70. The van der Waals surface area contributed by atoms with E-state index >= 15 is 0 Å². The molecule has 104 valence electrons. The highest BCUT2D eigenvalue weighted by atomic mass is 16.5. The lowest BCUT2D eigenvalue weighted by Gasteiger charge is -2.17. The molecule has 0 aliphatic carbocycles. The Bertz CT molecular complexity index is 415. The fourth-order valence-electron chi connectivity index (χ4n) is 1.70. The smallest absolute Gasteiger partial charge is 0.408 e. The van der Waals surface area contributed by atoms with E-state index in [1.165, 1.54) is 6.92 Å². The summed E-state index contributed by atoms with van der Waals surface area (Å²) >= 11 is 0. The summed E-state index contributed by atoms with van der Waals surface area (Å²) in [5, 5.41) is 2.61. The van der Waals surface area contributed by atoms with Gasteiger partial charge >= 0.3 is 6.09 Å². The highest BCUT2D eigenvalue weighted by molar-refractivity contribution is 5.85. The first-order valence-corrected chi connectivity index (χ1v) is 6.46. The van der Waals surface area contributed by atoms with Crippen molar-refractivity contribution in [3.05, 3.63) is 35.9 Å². The Balaban J connectivity index is 2.42. The third kappa shape index (κ3) is 6.04. The fraction of sp³-hybridized carbons (Fsp3) is 0.467. The van der Waals surface area contributed by atoms with Crippen LogP contribution in [0.1, 0.15) is 32.8 Å². The lowest BCUT2D eigenvalue weighted by atomic mass is 10.0. The van der Waals surface area contributed by atoms with Crippen LogP contribution < -0.4 is 5.32 Å². The normalized spacial score (nSPS) is 12.0. The predicted molar refractivity (Wildman–Crippen MR) is 73.7 cm³/mol. The minimum absolute atomic E-state index is 0.0506. The molecule has 0 fully saturated rings. The van der Waals surface area contributed by atoms with E-state index in [2.05, 4.69) is 5.32 Å². The number of rotatable bonds is 6. The second kappa shape index (κ2) is 7.56.